The maximum atomic E-state index is 11.3. The van der Waals surface area contributed by atoms with Crippen LogP contribution in [0, 0.1) is 5.92 Å². The Morgan fingerprint density at radius 2 is 2.22 bits per heavy atom. The van der Waals surface area contributed by atoms with E-state index >= 15 is 0 Å². The fourth-order valence-corrected chi connectivity index (χ4v) is 2.83. The van der Waals surface area contributed by atoms with Gasteiger partial charge in [-0.2, -0.15) is 0 Å². The molecule has 1 aromatic rings. The lowest BCUT2D eigenvalue weighted by molar-refractivity contribution is -0.138. The lowest BCUT2D eigenvalue weighted by atomic mass is 10.0. The molecule has 1 aliphatic rings. The second kappa shape index (κ2) is 5.42. The van der Waals surface area contributed by atoms with E-state index in [1.807, 2.05) is 24.3 Å². The minimum absolute atomic E-state index is 0.366. The number of anilines is 1. The maximum absolute atomic E-state index is 11.3. The Balaban J connectivity index is 2.17. The number of carbonyl (C=O) groups is 1. The number of carboxylic acids is 1. The molecule has 0 saturated heterocycles. The third kappa shape index (κ3) is 2.50. The summed E-state index contributed by atoms with van der Waals surface area (Å²) < 4.78 is 0. The van der Waals surface area contributed by atoms with Crippen molar-refractivity contribution in [3.05, 3.63) is 29.8 Å². The predicted molar refractivity (Wildman–Crippen MR) is 73.1 cm³/mol. The lowest BCUT2D eigenvalue weighted by Crippen LogP contribution is -2.29. The first-order valence-corrected chi connectivity index (χ1v) is 6.70. The largest absolute Gasteiger partial charge is 0.481 e. The van der Waals surface area contributed by atoms with Gasteiger partial charge in [0, 0.05) is 18.8 Å². The number of carboxylic acid groups (broad SMARTS) is 1. The molecule has 0 saturated carbocycles. The summed E-state index contributed by atoms with van der Waals surface area (Å²) in [5, 5.41) is 9.29. The molecule has 1 aliphatic heterocycles. The molecular weight excluding hydrogens is 226 g/mol. The van der Waals surface area contributed by atoms with Crippen molar-refractivity contribution in [3.8, 4) is 0 Å². The van der Waals surface area contributed by atoms with Gasteiger partial charge in [-0.25, -0.2) is 0 Å². The Morgan fingerprint density at radius 3 is 2.89 bits per heavy atom. The number of nitrogens with zero attached hydrogens (tertiary/aromatic N) is 1. The SMILES string of the molecule is CCCC(C)CN1CC(C(=O)O)c2ccccc21. The second-order valence-electron chi connectivity index (χ2n) is 5.25. The van der Waals surface area contributed by atoms with Crippen LogP contribution in [0.3, 0.4) is 0 Å². The van der Waals surface area contributed by atoms with Gasteiger partial charge in [0.15, 0.2) is 0 Å². The number of rotatable bonds is 5. The molecule has 0 aliphatic carbocycles. The van der Waals surface area contributed by atoms with Crippen LogP contribution in [0.5, 0.6) is 0 Å². The van der Waals surface area contributed by atoms with Crippen molar-refractivity contribution in [1.29, 1.82) is 0 Å². The first-order chi connectivity index (χ1) is 8.63. The molecule has 18 heavy (non-hydrogen) atoms. The number of benzene rings is 1. The molecule has 0 bridgehead atoms. The minimum Gasteiger partial charge on any atom is -0.481 e. The van der Waals surface area contributed by atoms with Crippen LogP contribution in [0.25, 0.3) is 0 Å². The number of para-hydroxylation sites is 1. The van der Waals surface area contributed by atoms with Crippen LogP contribution in [0.15, 0.2) is 24.3 Å². The van der Waals surface area contributed by atoms with Crippen molar-refractivity contribution in [3.63, 3.8) is 0 Å². The summed E-state index contributed by atoms with van der Waals surface area (Å²) >= 11 is 0. The number of aliphatic carboxylic acids is 1. The molecule has 2 rings (SSSR count). The van der Waals surface area contributed by atoms with Crippen molar-refractivity contribution >= 4 is 11.7 Å². The third-order valence-electron chi connectivity index (χ3n) is 3.67. The molecule has 2 unspecified atom stereocenters. The maximum Gasteiger partial charge on any atom is 0.312 e. The van der Waals surface area contributed by atoms with E-state index < -0.39 is 5.97 Å². The van der Waals surface area contributed by atoms with E-state index in [9.17, 15) is 9.90 Å². The van der Waals surface area contributed by atoms with Gasteiger partial charge in [0.1, 0.15) is 5.92 Å². The van der Waals surface area contributed by atoms with E-state index in [1.54, 1.807) is 0 Å². The van der Waals surface area contributed by atoms with Crippen LogP contribution in [0.4, 0.5) is 5.69 Å². The molecule has 98 valence electrons. The smallest absolute Gasteiger partial charge is 0.312 e. The van der Waals surface area contributed by atoms with Gasteiger partial charge in [-0.15, -0.1) is 0 Å². The summed E-state index contributed by atoms with van der Waals surface area (Å²) in [4.78, 5) is 13.5. The Hall–Kier alpha value is -1.51. The highest BCUT2D eigenvalue weighted by molar-refractivity contribution is 5.82. The molecule has 0 spiro atoms. The molecule has 3 heteroatoms. The van der Waals surface area contributed by atoms with Crippen LogP contribution in [0.2, 0.25) is 0 Å². The fraction of sp³-hybridized carbons (Fsp3) is 0.533. The fourth-order valence-electron chi connectivity index (χ4n) is 2.83. The second-order valence-corrected chi connectivity index (χ2v) is 5.25. The van der Waals surface area contributed by atoms with E-state index in [0.29, 0.717) is 12.5 Å². The summed E-state index contributed by atoms with van der Waals surface area (Å²) in [6.45, 7) is 5.99. The minimum atomic E-state index is -0.715. The zero-order chi connectivity index (χ0) is 13.1. The molecule has 0 aromatic heterocycles. The Bertz CT molecular complexity index is 430. The van der Waals surface area contributed by atoms with Crippen LogP contribution >= 0.6 is 0 Å². The Kier molecular flexibility index (Phi) is 3.90. The standard InChI is InChI=1S/C15H21NO2/c1-3-6-11(2)9-16-10-13(15(17)18)12-7-4-5-8-14(12)16/h4-5,7-8,11,13H,3,6,9-10H2,1-2H3,(H,17,18). The normalized spacial score (nSPS) is 19.7. The Labute approximate surface area is 108 Å². The zero-order valence-electron chi connectivity index (χ0n) is 11.1. The molecule has 3 nitrogen and oxygen atoms in total. The van der Waals surface area contributed by atoms with E-state index in [-0.39, 0.29) is 5.92 Å². The monoisotopic (exact) mass is 247 g/mol. The predicted octanol–water partition coefficient (Wildman–Crippen LogP) is 3.11. The molecule has 0 radical (unpaired) electrons. The zero-order valence-corrected chi connectivity index (χ0v) is 11.1. The van der Waals surface area contributed by atoms with E-state index in [1.165, 1.54) is 12.8 Å². The molecular formula is C15H21NO2. The van der Waals surface area contributed by atoms with Gasteiger partial charge < -0.3 is 10.0 Å². The number of hydrogen-bond acceptors (Lipinski definition) is 2. The van der Waals surface area contributed by atoms with Crippen molar-refractivity contribution in [1.82, 2.24) is 0 Å². The van der Waals surface area contributed by atoms with Gasteiger partial charge in [0.2, 0.25) is 0 Å². The average Bonchev–Trinajstić information content (AvgIpc) is 2.69. The quantitative estimate of drug-likeness (QED) is 0.869. The van der Waals surface area contributed by atoms with Crippen LogP contribution in [-0.4, -0.2) is 24.2 Å². The number of hydrogen-bond donors (Lipinski definition) is 1. The van der Waals surface area contributed by atoms with Crippen LogP contribution < -0.4 is 4.90 Å². The van der Waals surface area contributed by atoms with Crippen molar-refractivity contribution in [2.45, 2.75) is 32.6 Å². The van der Waals surface area contributed by atoms with E-state index in [4.69, 9.17) is 0 Å². The Morgan fingerprint density at radius 1 is 1.50 bits per heavy atom. The molecule has 0 amide bonds. The molecule has 1 heterocycles. The van der Waals surface area contributed by atoms with Crippen molar-refractivity contribution < 1.29 is 9.90 Å². The van der Waals surface area contributed by atoms with E-state index in [2.05, 4.69) is 18.7 Å². The highest BCUT2D eigenvalue weighted by atomic mass is 16.4. The summed E-state index contributed by atoms with van der Waals surface area (Å²) in [5.74, 6) is -0.473. The first-order valence-electron chi connectivity index (χ1n) is 6.70. The molecule has 2 atom stereocenters. The van der Waals surface area contributed by atoms with Gasteiger partial charge in [-0.3, -0.25) is 4.79 Å². The van der Waals surface area contributed by atoms with Gasteiger partial charge in [0.05, 0.1) is 0 Å². The van der Waals surface area contributed by atoms with Crippen molar-refractivity contribution in [2.75, 3.05) is 18.0 Å². The third-order valence-corrected chi connectivity index (χ3v) is 3.67. The molecule has 0 fully saturated rings. The molecule has 1 aromatic carbocycles. The van der Waals surface area contributed by atoms with Crippen LogP contribution in [0.1, 0.15) is 38.2 Å². The molecule has 1 N–H and O–H groups in total. The topological polar surface area (TPSA) is 40.5 Å². The first kappa shape index (κ1) is 12.9. The van der Waals surface area contributed by atoms with Gasteiger partial charge in [0.25, 0.3) is 0 Å². The van der Waals surface area contributed by atoms with Gasteiger partial charge >= 0.3 is 5.97 Å². The summed E-state index contributed by atoms with van der Waals surface area (Å²) in [6.07, 6.45) is 2.37. The average molecular weight is 247 g/mol. The highest BCUT2D eigenvalue weighted by Gasteiger charge is 2.33. The summed E-state index contributed by atoms with van der Waals surface area (Å²) in [7, 11) is 0. The van der Waals surface area contributed by atoms with Gasteiger partial charge in [-0.05, 0) is 24.0 Å². The van der Waals surface area contributed by atoms with Crippen molar-refractivity contribution in [2.24, 2.45) is 5.92 Å². The van der Waals surface area contributed by atoms with Crippen LogP contribution in [-0.2, 0) is 4.79 Å². The number of fused-ring (bicyclic) bond motifs is 1. The highest BCUT2D eigenvalue weighted by Crippen LogP contribution is 2.36. The summed E-state index contributed by atoms with van der Waals surface area (Å²) in [6, 6.07) is 7.89. The summed E-state index contributed by atoms with van der Waals surface area (Å²) in [5.41, 5.74) is 2.07. The van der Waals surface area contributed by atoms with Gasteiger partial charge in [-0.1, -0.05) is 38.5 Å². The lowest BCUT2D eigenvalue weighted by Gasteiger charge is -2.23. The van der Waals surface area contributed by atoms with E-state index in [0.717, 1.165) is 17.8 Å².